The lowest BCUT2D eigenvalue weighted by Gasteiger charge is -2.26. The number of ether oxygens (including phenoxy) is 2. The Hall–Kier alpha value is -4.34. The van der Waals surface area contributed by atoms with Gasteiger partial charge in [0.1, 0.15) is 11.4 Å². The van der Waals surface area contributed by atoms with E-state index < -0.39 is 49.8 Å². The number of morpholine rings is 1. The third-order valence-electron chi connectivity index (χ3n) is 6.14. The van der Waals surface area contributed by atoms with Crippen LogP contribution in [-0.2, 0) is 28.4 Å². The van der Waals surface area contributed by atoms with Gasteiger partial charge < -0.3 is 15.2 Å². The Morgan fingerprint density at radius 2 is 1.79 bits per heavy atom. The first-order valence-electron chi connectivity index (χ1n) is 11.7. The molecule has 1 fully saturated rings. The first kappa shape index (κ1) is 27.7. The monoisotopic (exact) mass is 559 g/mol. The van der Waals surface area contributed by atoms with Gasteiger partial charge in [-0.05, 0) is 17.7 Å². The molecule has 1 saturated heterocycles. The van der Waals surface area contributed by atoms with Crippen molar-refractivity contribution in [3.8, 4) is 5.75 Å². The molecule has 15 heteroatoms. The molecule has 1 aliphatic rings. The van der Waals surface area contributed by atoms with Gasteiger partial charge in [0.05, 0.1) is 29.6 Å². The van der Waals surface area contributed by atoms with Gasteiger partial charge in [-0.25, -0.2) is 13.2 Å². The number of carbonyl (C=O) groups excluding carboxylic acids is 1. The van der Waals surface area contributed by atoms with Crippen molar-refractivity contribution >= 4 is 27.3 Å². The summed E-state index contributed by atoms with van der Waals surface area (Å²) in [5.74, 6) is -1.68. The Balaban J connectivity index is 1.62. The summed E-state index contributed by atoms with van der Waals surface area (Å²) < 4.78 is 39.3. The SMILES string of the molecule is Cn1c(=O)c(C(=O)COc2ccc(S(=O)(=O)N3CCOCC3)cc2[N+](=O)[O-])c(N)n(Cc2ccccc2)c1=O. The molecule has 1 aromatic heterocycles. The van der Waals surface area contributed by atoms with Crippen molar-refractivity contribution in [1.29, 1.82) is 0 Å². The van der Waals surface area contributed by atoms with E-state index in [1.807, 2.05) is 0 Å². The number of benzene rings is 2. The lowest BCUT2D eigenvalue weighted by Crippen LogP contribution is -2.43. The summed E-state index contributed by atoms with van der Waals surface area (Å²) in [6.07, 6.45) is 0. The van der Waals surface area contributed by atoms with Crippen molar-refractivity contribution in [2.45, 2.75) is 11.4 Å². The number of nitrogens with zero attached hydrogens (tertiary/aromatic N) is 4. The highest BCUT2D eigenvalue weighted by Gasteiger charge is 2.30. The van der Waals surface area contributed by atoms with Crippen LogP contribution in [0.5, 0.6) is 5.75 Å². The third-order valence-corrected chi connectivity index (χ3v) is 8.03. The molecule has 1 aliphatic heterocycles. The van der Waals surface area contributed by atoms with E-state index in [9.17, 15) is 32.9 Å². The van der Waals surface area contributed by atoms with Crippen molar-refractivity contribution in [2.75, 3.05) is 38.6 Å². The number of nitro groups is 1. The van der Waals surface area contributed by atoms with Gasteiger partial charge >= 0.3 is 11.4 Å². The summed E-state index contributed by atoms with van der Waals surface area (Å²) in [6.45, 7) is -0.236. The minimum Gasteiger partial charge on any atom is -0.478 e. The largest absolute Gasteiger partial charge is 0.478 e. The third kappa shape index (κ3) is 5.59. The smallest absolute Gasteiger partial charge is 0.332 e. The zero-order valence-corrected chi connectivity index (χ0v) is 21.6. The zero-order chi connectivity index (χ0) is 28.3. The van der Waals surface area contributed by atoms with Gasteiger partial charge in [-0.15, -0.1) is 0 Å². The van der Waals surface area contributed by atoms with E-state index in [0.717, 1.165) is 31.6 Å². The molecule has 0 saturated carbocycles. The highest BCUT2D eigenvalue weighted by Crippen LogP contribution is 2.31. The van der Waals surface area contributed by atoms with Crippen molar-refractivity contribution in [3.05, 3.63) is 90.6 Å². The Labute approximate surface area is 222 Å². The quantitative estimate of drug-likeness (QED) is 0.218. The molecular weight excluding hydrogens is 534 g/mol. The maximum absolute atomic E-state index is 13.0. The molecule has 2 aromatic carbocycles. The summed E-state index contributed by atoms with van der Waals surface area (Å²) in [5.41, 5.74) is 3.89. The fraction of sp³-hybridized carbons (Fsp3) is 0.292. The number of hydrogen-bond acceptors (Lipinski definition) is 10. The number of hydrogen-bond donors (Lipinski definition) is 1. The molecule has 39 heavy (non-hydrogen) atoms. The Kier molecular flexibility index (Phi) is 7.94. The van der Waals surface area contributed by atoms with Crippen LogP contribution in [0.3, 0.4) is 0 Å². The van der Waals surface area contributed by atoms with E-state index in [2.05, 4.69) is 0 Å². The van der Waals surface area contributed by atoms with E-state index in [-0.39, 0.29) is 49.3 Å². The second kappa shape index (κ2) is 11.2. The number of aromatic nitrogens is 2. The Morgan fingerprint density at radius 1 is 1.13 bits per heavy atom. The number of Topliss-reactive ketones (excluding diaryl/α,β-unsaturated/α-hetero) is 1. The molecule has 0 bridgehead atoms. The minimum absolute atomic E-state index is 0.00862. The number of anilines is 1. The fourth-order valence-corrected chi connectivity index (χ4v) is 5.47. The van der Waals surface area contributed by atoms with Gasteiger partial charge in [-0.3, -0.25) is 28.8 Å². The molecule has 3 aromatic rings. The van der Waals surface area contributed by atoms with E-state index in [1.54, 1.807) is 30.3 Å². The van der Waals surface area contributed by atoms with Gasteiger partial charge in [-0.2, -0.15) is 4.31 Å². The molecule has 0 unspecified atom stereocenters. The Morgan fingerprint density at radius 3 is 2.44 bits per heavy atom. The van der Waals surface area contributed by atoms with E-state index >= 15 is 0 Å². The highest BCUT2D eigenvalue weighted by molar-refractivity contribution is 7.89. The second-order valence-corrected chi connectivity index (χ2v) is 10.5. The van der Waals surface area contributed by atoms with Crippen molar-refractivity contribution in [3.63, 3.8) is 0 Å². The zero-order valence-electron chi connectivity index (χ0n) is 20.8. The first-order chi connectivity index (χ1) is 18.5. The topological polar surface area (TPSA) is 186 Å². The normalized spacial score (nSPS) is 14.2. The second-order valence-electron chi connectivity index (χ2n) is 8.59. The van der Waals surface area contributed by atoms with Crippen molar-refractivity contribution in [1.82, 2.24) is 13.4 Å². The molecule has 0 amide bonds. The summed E-state index contributed by atoms with van der Waals surface area (Å²) >= 11 is 0. The molecule has 0 aliphatic carbocycles. The maximum atomic E-state index is 13.0. The fourth-order valence-electron chi connectivity index (χ4n) is 4.04. The van der Waals surface area contributed by atoms with Crippen LogP contribution in [0.25, 0.3) is 0 Å². The van der Waals surface area contributed by atoms with Gasteiger partial charge in [0.2, 0.25) is 15.8 Å². The number of nitro benzene ring substituents is 1. The number of rotatable bonds is 9. The molecule has 0 atom stereocenters. The molecule has 2 N–H and O–H groups in total. The summed E-state index contributed by atoms with van der Waals surface area (Å²) in [6, 6.07) is 11.8. The van der Waals surface area contributed by atoms with Crippen LogP contribution >= 0.6 is 0 Å². The predicted molar refractivity (Wildman–Crippen MR) is 138 cm³/mol. The number of carbonyl (C=O) groups is 1. The van der Waals surface area contributed by atoms with Gasteiger partial charge in [0.25, 0.3) is 5.56 Å². The van der Waals surface area contributed by atoms with Crippen LogP contribution in [0.15, 0.2) is 63.0 Å². The van der Waals surface area contributed by atoms with E-state index in [0.29, 0.717) is 5.56 Å². The lowest BCUT2D eigenvalue weighted by molar-refractivity contribution is -0.386. The Bertz CT molecular complexity index is 1640. The van der Waals surface area contributed by atoms with Crippen molar-refractivity contribution < 1.29 is 27.6 Å². The first-order valence-corrected chi connectivity index (χ1v) is 13.1. The average molecular weight is 560 g/mol. The van der Waals surface area contributed by atoms with Gasteiger partial charge in [-0.1, -0.05) is 30.3 Å². The molecule has 4 rings (SSSR count). The van der Waals surface area contributed by atoms with E-state index in [1.165, 1.54) is 7.05 Å². The van der Waals surface area contributed by atoms with Crippen molar-refractivity contribution in [2.24, 2.45) is 7.05 Å². The standard InChI is InChI=1S/C24H25N5O9S/c1-26-23(31)21(22(25)28(24(26)32)14-16-5-3-2-4-6-16)19(30)15-38-20-8-7-17(13-18(20)29(33)34)39(35,36)27-9-11-37-12-10-27/h2-8,13H,9-12,14-15,25H2,1H3. The minimum atomic E-state index is -4.03. The average Bonchev–Trinajstić information content (AvgIpc) is 2.94. The molecule has 206 valence electrons. The number of ketones is 1. The lowest BCUT2D eigenvalue weighted by atomic mass is 10.2. The van der Waals surface area contributed by atoms with Crippen LogP contribution < -0.4 is 21.7 Å². The molecule has 0 radical (unpaired) electrons. The van der Waals surface area contributed by atoms with Gasteiger partial charge in [0, 0.05) is 26.2 Å². The number of sulfonamides is 1. The van der Waals surface area contributed by atoms with Gasteiger partial charge in [0.15, 0.2) is 12.4 Å². The molecular formula is C24H25N5O9S. The molecule has 0 spiro atoms. The summed E-state index contributed by atoms with van der Waals surface area (Å²) in [7, 11) is -2.83. The number of nitrogen functional groups attached to an aromatic ring is 1. The maximum Gasteiger partial charge on any atom is 0.332 e. The molecule has 2 heterocycles. The van der Waals surface area contributed by atoms with Crippen LogP contribution in [0.4, 0.5) is 11.5 Å². The van der Waals surface area contributed by atoms with Crippen LogP contribution in [0.1, 0.15) is 15.9 Å². The molecule has 14 nitrogen and oxygen atoms in total. The summed E-state index contributed by atoms with van der Waals surface area (Å²) in [4.78, 5) is 49.0. The van der Waals surface area contributed by atoms with Crippen LogP contribution in [0, 0.1) is 10.1 Å². The van der Waals surface area contributed by atoms with Crippen LogP contribution in [0.2, 0.25) is 0 Å². The summed E-state index contributed by atoms with van der Waals surface area (Å²) in [5, 5.41) is 11.7. The number of nitrogens with two attached hydrogens (primary N) is 1. The highest BCUT2D eigenvalue weighted by atomic mass is 32.2. The van der Waals surface area contributed by atoms with Crippen LogP contribution in [-0.4, -0.2) is 65.5 Å². The predicted octanol–water partition coefficient (Wildman–Crippen LogP) is 0.368. The van der Waals surface area contributed by atoms with E-state index in [4.69, 9.17) is 15.2 Å².